The minimum Gasteiger partial charge on any atom is -0.469 e. The van der Waals surface area contributed by atoms with Gasteiger partial charge in [-0.1, -0.05) is 0 Å². The highest BCUT2D eigenvalue weighted by Gasteiger charge is 2.13. The molecule has 1 heterocycles. The van der Waals surface area contributed by atoms with Crippen LogP contribution in [0.4, 0.5) is 0 Å². The van der Waals surface area contributed by atoms with Gasteiger partial charge in [0.05, 0.1) is 23.9 Å². The van der Waals surface area contributed by atoms with Crippen molar-refractivity contribution in [3.8, 4) is 0 Å². The van der Waals surface area contributed by atoms with E-state index >= 15 is 0 Å². The quantitative estimate of drug-likeness (QED) is 0.709. The van der Waals surface area contributed by atoms with Crippen molar-refractivity contribution < 1.29 is 14.6 Å². The first-order chi connectivity index (χ1) is 5.74. The van der Waals surface area contributed by atoms with E-state index in [1.807, 2.05) is 0 Å². The molecule has 0 aromatic carbocycles. The molecule has 5 heteroatoms. The first kappa shape index (κ1) is 9.15. The predicted molar refractivity (Wildman–Crippen MR) is 43.7 cm³/mol. The van der Waals surface area contributed by atoms with E-state index in [4.69, 9.17) is 0 Å². The molecule has 1 atom stereocenters. The number of esters is 1. The number of aliphatic hydroxyl groups excluding tert-OH is 1. The van der Waals surface area contributed by atoms with Crippen molar-refractivity contribution >= 4 is 17.3 Å². The zero-order chi connectivity index (χ0) is 8.97. The topological polar surface area (TPSA) is 59.4 Å². The molecule has 1 N–H and O–H groups in total. The Bertz CT molecular complexity index is 247. The van der Waals surface area contributed by atoms with Gasteiger partial charge in [0.2, 0.25) is 0 Å². The zero-order valence-electron chi connectivity index (χ0n) is 6.56. The van der Waals surface area contributed by atoms with Crippen molar-refractivity contribution in [1.82, 2.24) is 4.98 Å². The van der Waals surface area contributed by atoms with Crippen LogP contribution in [0.15, 0.2) is 11.7 Å². The Labute approximate surface area is 73.8 Å². The molecule has 0 fully saturated rings. The van der Waals surface area contributed by atoms with Crippen LogP contribution in [-0.4, -0.2) is 23.2 Å². The minimum absolute atomic E-state index is 0.0152. The van der Waals surface area contributed by atoms with E-state index in [9.17, 15) is 9.90 Å². The van der Waals surface area contributed by atoms with E-state index in [-0.39, 0.29) is 6.42 Å². The highest BCUT2D eigenvalue weighted by Crippen LogP contribution is 2.19. The van der Waals surface area contributed by atoms with Gasteiger partial charge in [-0.25, -0.2) is 0 Å². The number of ether oxygens (including phenoxy) is 1. The number of rotatable bonds is 3. The fourth-order valence-electron chi connectivity index (χ4n) is 0.732. The molecule has 0 saturated carbocycles. The lowest BCUT2D eigenvalue weighted by atomic mass is 10.2. The lowest BCUT2D eigenvalue weighted by molar-refractivity contribution is -0.142. The van der Waals surface area contributed by atoms with Gasteiger partial charge in [-0.2, -0.15) is 0 Å². The molecule has 0 amide bonds. The highest BCUT2D eigenvalue weighted by atomic mass is 32.1. The van der Waals surface area contributed by atoms with Crippen molar-refractivity contribution in [3.05, 3.63) is 16.6 Å². The highest BCUT2D eigenvalue weighted by molar-refractivity contribution is 7.09. The second kappa shape index (κ2) is 4.18. The first-order valence-electron chi connectivity index (χ1n) is 3.37. The van der Waals surface area contributed by atoms with Gasteiger partial charge < -0.3 is 9.84 Å². The predicted octanol–water partition coefficient (Wildman–Crippen LogP) is 0.740. The van der Waals surface area contributed by atoms with E-state index < -0.39 is 12.1 Å². The maximum atomic E-state index is 10.7. The number of carbonyl (C=O) groups is 1. The van der Waals surface area contributed by atoms with E-state index in [0.717, 1.165) is 0 Å². The summed E-state index contributed by atoms with van der Waals surface area (Å²) < 4.78 is 4.40. The van der Waals surface area contributed by atoms with Crippen molar-refractivity contribution in [2.24, 2.45) is 0 Å². The molecular formula is C7H9NO3S. The Balaban J connectivity index is 2.49. The molecule has 66 valence electrons. The summed E-state index contributed by atoms with van der Waals surface area (Å²) in [5.74, 6) is -0.420. The van der Waals surface area contributed by atoms with Gasteiger partial charge in [0.1, 0.15) is 6.10 Å². The molecule has 0 saturated heterocycles. The van der Waals surface area contributed by atoms with Gasteiger partial charge in [-0.3, -0.25) is 9.78 Å². The van der Waals surface area contributed by atoms with Gasteiger partial charge in [0.25, 0.3) is 0 Å². The van der Waals surface area contributed by atoms with Crippen LogP contribution in [0.2, 0.25) is 0 Å². The number of hydrogen-bond acceptors (Lipinski definition) is 5. The third-order valence-electron chi connectivity index (χ3n) is 1.37. The maximum Gasteiger partial charge on any atom is 0.308 e. The van der Waals surface area contributed by atoms with Crippen molar-refractivity contribution in [2.45, 2.75) is 12.5 Å². The normalized spacial score (nSPS) is 12.5. The fraction of sp³-hybridized carbons (Fsp3) is 0.429. The summed E-state index contributed by atoms with van der Waals surface area (Å²) in [5.41, 5.74) is 1.61. The molecular weight excluding hydrogens is 178 g/mol. The maximum absolute atomic E-state index is 10.7. The summed E-state index contributed by atoms with van der Waals surface area (Å²) in [6.07, 6.45) is 0.738. The first-order valence-corrected chi connectivity index (χ1v) is 4.25. The molecule has 1 aromatic heterocycles. The molecule has 0 aliphatic carbocycles. The van der Waals surface area contributed by atoms with Crippen molar-refractivity contribution in [2.75, 3.05) is 7.11 Å². The summed E-state index contributed by atoms with van der Waals surface area (Å²) >= 11 is 1.31. The Morgan fingerprint density at radius 2 is 2.67 bits per heavy atom. The van der Waals surface area contributed by atoms with Crippen LogP contribution in [-0.2, 0) is 9.53 Å². The number of carbonyl (C=O) groups excluding carboxylic acids is 1. The van der Waals surface area contributed by atoms with Gasteiger partial charge in [-0.15, -0.1) is 11.3 Å². The van der Waals surface area contributed by atoms with Crippen LogP contribution in [0.25, 0.3) is 0 Å². The van der Waals surface area contributed by atoms with Crippen LogP contribution < -0.4 is 0 Å². The second-order valence-corrected chi connectivity index (χ2v) is 3.12. The fourth-order valence-corrected chi connectivity index (χ4v) is 1.34. The number of nitrogens with zero attached hydrogens (tertiary/aromatic N) is 1. The van der Waals surface area contributed by atoms with E-state index in [1.54, 1.807) is 5.51 Å². The second-order valence-electron chi connectivity index (χ2n) is 2.20. The number of aliphatic hydroxyl groups is 1. The summed E-state index contributed by atoms with van der Waals surface area (Å²) in [4.78, 5) is 15.2. The number of hydrogen-bond donors (Lipinski definition) is 1. The van der Waals surface area contributed by atoms with Gasteiger partial charge in [0.15, 0.2) is 0 Å². The Hall–Kier alpha value is -0.940. The molecule has 12 heavy (non-hydrogen) atoms. The Morgan fingerprint density at radius 3 is 3.17 bits per heavy atom. The van der Waals surface area contributed by atoms with Crippen LogP contribution in [0.5, 0.6) is 0 Å². The monoisotopic (exact) mass is 187 g/mol. The third-order valence-corrected chi connectivity index (χ3v) is 2.24. The summed E-state index contributed by atoms with van der Waals surface area (Å²) in [5, 5.41) is 9.38. The standard InChI is InChI=1S/C7H9NO3S/c1-11-7(10)2-5(9)6-3-8-4-12-6/h3-5,9H,2H2,1H3. The molecule has 1 aromatic rings. The average Bonchev–Trinajstić information content (AvgIpc) is 2.56. The lowest BCUT2D eigenvalue weighted by Crippen LogP contribution is -2.06. The van der Waals surface area contributed by atoms with Gasteiger partial charge in [-0.05, 0) is 0 Å². The zero-order valence-corrected chi connectivity index (χ0v) is 7.37. The van der Waals surface area contributed by atoms with Crippen LogP contribution in [0.3, 0.4) is 0 Å². The molecule has 0 radical (unpaired) electrons. The molecule has 1 unspecified atom stereocenters. The largest absolute Gasteiger partial charge is 0.469 e. The number of methoxy groups -OCH3 is 1. The average molecular weight is 187 g/mol. The van der Waals surface area contributed by atoms with E-state index in [1.165, 1.54) is 24.6 Å². The summed E-state index contributed by atoms with van der Waals surface area (Å²) in [6, 6.07) is 0. The van der Waals surface area contributed by atoms with Crippen molar-refractivity contribution in [1.29, 1.82) is 0 Å². The minimum atomic E-state index is -0.787. The molecule has 4 nitrogen and oxygen atoms in total. The van der Waals surface area contributed by atoms with Crippen LogP contribution >= 0.6 is 11.3 Å². The Morgan fingerprint density at radius 1 is 1.92 bits per heavy atom. The van der Waals surface area contributed by atoms with Crippen LogP contribution in [0, 0.1) is 0 Å². The Kier molecular flexibility index (Phi) is 3.19. The molecule has 0 bridgehead atoms. The van der Waals surface area contributed by atoms with E-state index in [2.05, 4.69) is 9.72 Å². The molecule has 0 spiro atoms. The van der Waals surface area contributed by atoms with Crippen molar-refractivity contribution in [3.63, 3.8) is 0 Å². The summed E-state index contributed by atoms with van der Waals surface area (Å²) in [7, 11) is 1.29. The smallest absolute Gasteiger partial charge is 0.308 e. The SMILES string of the molecule is COC(=O)CC(O)c1cncs1. The van der Waals surface area contributed by atoms with E-state index in [0.29, 0.717) is 4.88 Å². The van der Waals surface area contributed by atoms with Gasteiger partial charge in [0, 0.05) is 6.20 Å². The number of thiazole rings is 1. The van der Waals surface area contributed by atoms with Gasteiger partial charge >= 0.3 is 5.97 Å². The lowest BCUT2D eigenvalue weighted by Gasteiger charge is -2.04. The number of aromatic nitrogens is 1. The summed E-state index contributed by atoms with van der Waals surface area (Å²) in [6.45, 7) is 0. The van der Waals surface area contributed by atoms with Crippen LogP contribution in [0.1, 0.15) is 17.4 Å². The molecule has 0 aliphatic heterocycles. The molecule has 1 rings (SSSR count). The third kappa shape index (κ3) is 2.28. The molecule has 0 aliphatic rings.